The summed E-state index contributed by atoms with van der Waals surface area (Å²) in [5.41, 5.74) is 5.98. The molecule has 1 aliphatic rings. The fraction of sp³-hybridized carbons (Fsp3) is 0.182. The third-order valence-corrected chi connectivity index (χ3v) is 4.71. The molecule has 0 fully saturated rings. The lowest BCUT2D eigenvalue weighted by atomic mass is 10.0. The summed E-state index contributed by atoms with van der Waals surface area (Å²) in [4.78, 5) is 9.03. The average Bonchev–Trinajstić information content (AvgIpc) is 2.88. The molecule has 0 amide bonds. The first-order valence-corrected chi connectivity index (χ1v) is 9.03. The second-order valence-corrected chi connectivity index (χ2v) is 6.78. The quantitative estimate of drug-likeness (QED) is 0.642. The number of phenolic OH excluding ortho intramolecular Hbond substituents is 1. The highest BCUT2D eigenvalue weighted by Crippen LogP contribution is 2.28. The lowest BCUT2D eigenvalue weighted by molar-refractivity contribution is 0.467. The van der Waals surface area contributed by atoms with E-state index < -0.39 is 0 Å². The van der Waals surface area contributed by atoms with Crippen LogP contribution in [-0.2, 0) is 6.42 Å². The molecule has 0 unspecified atom stereocenters. The van der Waals surface area contributed by atoms with Crippen LogP contribution in [0.1, 0.15) is 22.3 Å². The zero-order chi connectivity index (χ0) is 18.8. The summed E-state index contributed by atoms with van der Waals surface area (Å²) in [6.07, 6.45) is 2.63. The molecule has 2 heterocycles. The summed E-state index contributed by atoms with van der Waals surface area (Å²) in [5, 5.41) is 16.8. The van der Waals surface area contributed by atoms with Gasteiger partial charge in [-0.1, -0.05) is 6.07 Å². The number of aryl methyl sites for hydroxylation is 2. The number of pyridine rings is 1. The number of hydrogen-bond acceptors (Lipinski definition) is 5. The number of rotatable bonds is 3. The number of aliphatic imine (C=N–C) groups is 1. The van der Waals surface area contributed by atoms with Crippen LogP contribution in [0.3, 0.4) is 0 Å². The zero-order valence-corrected chi connectivity index (χ0v) is 15.5. The maximum Gasteiger partial charge on any atom is 0.132 e. The van der Waals surface area contributed by atoms with Crippen molar-refractivity contribution >= 4 is 23.0 Å². The van der Waals surface area contributed by atoms with E-state index in [1.807, 2.05) is 50.2 Å². The summed E-state index contributed by atoms with van der Waals surface area (Å²) in [7, 11) is 0. The number of phenols is 1. The molecule has 3 aromatic rings. The first kappa shape index (κ1) is 17.1. The van der Waals surface area contributed by atoms with Crippen LogP contribution in [0, 0.1) is 13.8 Å². The number of anilines is 3. The van der Waals surface area contributed by atoms with Gasteiger partial charge in [-0.2, -0.15) is 0 Å². The highest BCUT2D eigenvalue weighted by molar-refractivity contribution is 6.09. The van der Waals surface area contributed by atoms with Gasteiger partial charge in [0.25, 0.3) is 0 Å². The van der Waals surface area contributed by atoms with Crippen molar-refractivity contribution in [3.63, 3.8) is 0 Å². The SMILES string of the molecule is Cc1cc(C2=NCCc3cc(Nc4ccccn4)ccc3N2)cc(C)c1O. The summed E-state index contributed by atoms with van der Waals surface area (Å²) in [5.74, 6) is 2.01. The Balaban J connectivity index is 1.60. The van der Waals surface area contributed by atoms with E-state index >= 15 is 0 Å². The predicted molar refractivity (Wildman–Crippen MR) is 110 cm³/mol. The van der Waals surface area contributed by atoms with Crippen molar-refractivity contribution in [2.75, 3.05) is 17.2 Å². The molecule has 0 atom stereocenters. The van der Waals surface area contributed by atoms with Gasteiger partial charge in [0.15, 0.2) is 0 Å². The smallest absolute Gasteiger partial charge is 0.132 e. The molecule has 0 spiro atoms. The van der Waals surface area contributed by atoms with Crippen LogP contribution in [0.4, 0.5) is 17.2 Å². The van der Waals surface area contributed by atoms with E-state index in [1.165, 1.54) is 5.56 Å². The Bertz CT molecular complexity index is 989. The largest absolute Gasteiger partial charge is 0.507 e. The highest BCUT2D eigenvalue weighted by Gasteiger charge is 2.14. The number of fused-ring (bicyclic) bond motifs is 1. The highest BCUT2D eigenvalue weighted by atomic mass is 16.3. The van der Waals surface area contributed by atoms with Crippen LogP contribution >= 0.6 is 0 Å². The average molecular weight is 358 g/mol. The van der Waals surface area contributed by atoms with Crippen molar-refractivity contribution in [1.29, 1.82) is 0 Å². The van der Waals surface area contributed by atoms with E-state index in [-0.39, 0.29) is 0 Å². The molecule has 1 aliphatic heterocycles. The van der Waals surface area contributed by atoms with Gasteiger partial charge in [0.1, 0.15) is 17.4 Å². The number of nitrogens with zero attached hydrogens (tertiary/aromatic N) is 2. The van der Waals surface area contributed by atoms with Crippen LogP contribution in [-0.4, -0.2) is 22.5 Å². The molecule has 0 saturated heterocycles. The number of benzene rings is 2. The van der Waals surface area contributed by atoms with E-state index in [0.717, 1.165) is 46.1 Å². The van der Waals surface area contributed by atoms with Crippen LogP contribution in [0.15, 0.2) is 59.7 Å². The number of aromatic nitrogens is 1. The minimum atomic E-state index is 0.346. The normalized spacial score (nSPS) is 13.2. The van der Waals surface area contributed by atoms with Gasteiger partial charge in [-0.3, -0.25) is 4.99 Å². The first-order valence-electron chi connectivity index (χ1n) is 9.03. The van der Waals surface area contributed by atoms with E-state index in [9.17, 15) is 5.11 Å². The van der Waals surface area contributed by atoms with Crippen molar-refractivity contribution in [2.24, 2.45) is 4.99 Å². The Morgan fingerprint density at radius 3 is 2.59 bits per heavy atom. The Kier molecular flexibility index (Phi) is 4.50. The Labute approximate surface area is 158 Å². The van der Waals surface area contributed by atoms with Gasteiger partial charge in [0.2, 0.25) is 0 Å². The minimum Gasteiger partial charge on any atom is -0.507 e. The van der Waals surface area contributed by atoms with Crippen LogP contribution in [0.25, 0.3) is 0 Å². The van der Waals surface area contributed by atoms with Gasteiger partial charge < -0.3 is 15.7 Å². The van der Waals surface area contributed by atoms with Gasteiger partial charge in [-0.15, -0.1) is 0 Å². The number of nitrogens with one attached hydrogen (secondary N) is 2. The van der Waals surface area contributed by atoms with Gasteiger partial charge in [0.05, 0.1) is 0 Å². The van der Waals surface area contributed by atoms with Crippen molar-refractivity contribution in [3.05, 3.63) is 77.0 Å². The monoisotopic (exact) mass is 358 g/mol. The summed E-state index contributed by atoms with van der Waals surface area (Å²) in [6.45, 7) is 4.53. The predicted octanol–water partition coefficient (Wildman–Crippen LogP) is 4.56. The lowest BCUT2D eigenvalue weighted by Crippen LogP contribution is -2.14. The second kappa shape index (κ2) is 7.11. The molecule has 0 aliphatic carbocycles. The Morgan fingerprint density at radius 1 is 1.04 bits per heavy atom. The van der Waals surface area contributed by atoms with Gasteiger partial charge in [-0.25, -0.2) is 4.98 Å². The van der Waals surface area contributed by atoms with Gasteiger partial charge in [0, 0.05) is 29.7 Å². The van der Waals surface area contributed by atoms with Crippen molar-refractivity contribution in [3.8, 4) is 5.75 Å². The molecule has 1 aromatic heterocycles. The fourth-order valence-corrected chi connectivity index (χ4v) is 3.30. The fourth-order valence-electron chi connectivity index (χ4n) is 3.30. The van der Waals surface area contributed by atoms with Crippen LogP contribution in [0.5, 0.6) is 5.75 Å². The lowest BCUT2D eigenvalue weighted by Gasteiger charge is -2.14. The molecule has 0 radical (unpaired) electrons. The second-order valence-electron chi connectivity index (χ2n) is 6.78. The first-order chi connectivity index (χ1) is 13.1. The van der Waals surface area contributed by atoms with Gasteiger partial charge in [-0.05, 0) is 79.4 Å². The van der Waals surface area contributed by atoms with Crippen molar-refractivity contribution in [2.45, 2.75) is 20.3 Å². The molecule has 5 nitrogen and oxygen atoms in total. The molecule has 0 saturated carbocycles. The van der Waals surface area contributed by atoms with E-state index in [1.54, 1.807) is 6.20 Å². The Morgan fingerprint density at radius 2 is 1.85 bits per heavy atom. The van der Waals surface area contributed by atoms with Crippen LogP contribution < -0.4 is 10.6 Å². The summed E-state index contributed by atoms with van der Waals surface area (Å²) < 4.78 is 0. The summed E-state index contributed by atoms with van der Waals surface area (Å²) >= 11 is 0. The van der Waals surface area contributed by atoms with E-state index in [0.29, 0.717) is 12.3 Å². The maximum absolute atomic E-state index is 10.0. The number of amidine groups is 1. The number of hydrogen-bond donors (Lipinski definition) is 3. The minimum absolute atomic E-state index is 0.346. The number of aromatic hydroxyl groups is 1. The third-order valence-electron chi connectivity index (χ3n) is 4.71. The maximum atomic E-state index is 10.0. The molecular weight excluding hydrogens is 336 g/mol. The molecule has 3 N–H and O–H groups in total. The molecular formula is C22H22N4O. The molecule has 4 rings (SSSR count). The van der Waals surface area contributed by atoms with Crippen molar-refractivity contribution in [1.82, 2.24) is 4.98 Å². The standard InChI is InChI=1S/C22H22N4O/c1-14-11-17(12-15(2)21(14)27)22-24-10-8-16-13-18(6-7-19(16)26-22)25-20-5-3-4-9-23-20/h3-7,9,11-13,27H,8,10H2,1-2H3,(H,23,25)(H,24,26). The molecule has 0 bridgehead atoms. The molecule has 2 aromatic carbocycles. The Hall–Kier alpha value is -3.34. The summed E-state index contributed by atoms with van der Waals surface area (Å²) in [6, 6.07) is 16.0. The van der Waals surface area contributed by atoms with Gasteiger partial charge >= 0.3 is 0 Å². The van der Waals surface area contributed by atoms with E-state index in [4.69, 9.17) is 4.99 Å². The zero-order valence-electron chi connectivity index (χ0n) is 15.5. The molecule has 27 heavy (non-hydrogen) atoms. The van der Waals surface area contributed by atoms with Crippen LogP contribution in [0.2, 0.25) is 0 Å². The topological polar surface area (TPSA) is 69.5 Å². The molecule has 136 valence electrons. The van der Waals surface area contributed by atoms with E-state index in [2.05, 4.69) is 27.8 Å². The van der Waals surface area contributed by atoms with Crippen molar-refractivity contribution < 1.29 is 5.11 Å². The molecule has 5 heteroatoms. The third kappa shape index (κ3) is 3.62.